The fourth-order valence-corrected chi connectivity index (χ4v) is 2.61. The number of carbonyl (C=O) groups is 1. The van der Waals surface area contributed by atoms with Gasteiger partial charge in [-0.2, -0.15) is 0 Å². The highest BCUT2D eigenvalue weighted by Gasteiger charge is 2.10. The van der Waals surface area contributed by atoms with Gasteiger partial charge in [0.05, 0.1) is 12.5 Å². The summed E-state index contributed by atoms with van der Waals surface area (Å²) < 4.78 is 6.62. The summed E-state index contributed by atoms with van der Waals surface area (Å²) in [5.74, 6) is 0.337. The van der Waals surface area contributed by atoms with Crippen molar-refractivity contribution in [1.29, 1.82) is 0 Å². The van der Waals surface area contributed by atoms with Gasteiger partial charge in [0.2, 0.25) is 5.91 Å². The average Bonchev–Trinajstić information content (AvgIpc) is 2.59. The van der Waals surface area contributed by atoms with Crippen molar-refractivity contribution in [3.63, 3.8) is 0 Å². The molecule has 3 rings (SSSR count). The number of methoxy groups -OCH3 is 1. The second kappa shape index (κ2) is 6.76. The highest BCUT2D eigenvalue weighted by atomic mass is 35.5. The molecule has 0 saturated carbocycles. The summed E-state index contributed by atoms with van der Waals surface area (Å²) in [4.78, 5) is 24.7. The minimum absolute atomic E-state index is 0.0748. The molecule has 5 nitrogen and oxygen atoms in total. The summed E-state index contributed by atoms with van der Waals surface area (Å²) in [6, 6.07) is 13.8. The molecule has 1 aromatic heterocycles. The molecule has 1 N–H and O–H groups in total. The lowest BCUT2D eigenvalue weighted by molar-refractivity contribution is -0.116. The minimum atomic E-state index is -0.290. The lowest BCUT2D eigenvalue weighted by Crippen LogP contribution is -2.27. The monoisotopic (exact) mass is 342 g/mol. The number of hydrogen-bond donors (Lipinski definition) is 1. The van der Waals surface area contributed by atoms with E-state index in [0.29, 0.717) is 21.8 Å². The number of fused-ring (bicyclic) bond motifs is 1. The second-order valence-electron chi connectivity index (χ2n) is 5.23. The van der Waals surface area contributed by atoms with Crippen LogP contribution in [-0.4, -0.2) is 17.6 Å². The maximum absolute atomic E-state index is 12.5. The van der Waals surface area contributed by atoms with Crippen LogP contribution < -0.4 is 15.6 Å². The Hall–Kier alpha value is -2.79. The zero-order valence-electron chi connectivity index (χ0n) is 13.0. The summed E-state index contributed by atoms with van der Waals surface area (Å²) >= 11 is 5.81. The molecule has 1 amide bonds. The van der Waals surface area contributed by atoms with E-state index in [4.69, 9.17) is 16.3 Å². The van der Waals surface area contributed by atoms with Crippen molar-refractivity contribution in [3.8, 4) is 5.75 Å². The molecule has 0 unspecified atom stereocenters. The molecule has 2 aromatic carbocycles. The summed E-state index contributed by atoms with van der Waals surface area (Å²) in [5.41, 5.74) is 0.387. The zero-order chi connectivity index (χ0) is 17.1. The van der Waals surface area contributed by atoms with E-state index in [1.807, 2.05) is 0 Å². The molecule has 0 atom stereocenters. The van der Waals surface area contributed by atoms with Gasteiger partial charge < -0.3 is 14.6 Å². The third-order valence-electron chi connectivity index (χ3n) is 3.64. The molecule has 0 aliphatic carbocycles. The Morgan fingerprint density at radius 2 is 1.88 bits per heavy atom. The molecule has 0 saturated heterocycles. The summed E-state index contributed by atoms with van der Waals surface area (Å²) in [6.45, 7) is -0.0748. The molecule has 1 heterocycles. The van der Waals surface area contributed by atoms with Crippen molar-refractivity contribution in [2.24, 2.45) is 0 Å². The third kappa shape index (κ3) is 3.26. The van der Waals surface area contributed by atoms with E-state index in [-0.39, 0.29) is 18.0 Å². The molecular formula is C18H15ClN2O3. The summed E-state index contributed by atoms with van der Waals surface area (Å²) in [7, 11) is 1.56. The number of amides is 1. The van der Waals surface area contributed by atoms with Gasteiger partial charge in [0, 0.05) is 22.3 Å². The highest BCUT2D eigenvalue weighted by molar-refractivity contribution is 6.30. The molecule has 6 heteroatoms. The summed E-state index contributed by atoms with van der Waals surface area (Å²) in [6.07, 6.45) is 1.59. The first-order valence-corrected chi connectivity index (χ1v) is 7.68. The van der Waals surface area contributed by atoms with Crippen LogP contribution in [0.3, 0.4) is 0 Å². The topological polar surface area (TPSA) is 60.3 Å². The molecule has 122 valence electrons. The first-order valence-electron chi connectivity index (χ1n) is 7.30. The number of carbonyl (C=O) groups excluding carboxylic acids is 1. The molecule has 0 spiro atoms. The number of nitrogens with zero attached hydrogens (tertiary/aromatic N) is 1. The van der Waals surface area contributed by atoms with E-state index in [0.717, 1.165) is 5.39 Å². The molecule has 24 heavy (non-hydrogen) atoms. The maximum Gasteiger partial charge on any atom is 0.259 e. The molecule has 0 radical (unpaired) electrons. The van der Waals surface area contributed by atoms with E-state index in [1.165, 1.54) is 4.57 Å². The molecule has 0 bridgehead atoms. The number of benzene rings is 2. The maximum atomic E-state index is 12.5. The van der Waals surface area contributed by atoms with Gasteiger partial charge in [0.15, 0.2) is 0 Å². The van der Waals surface area contributed by atoms with Gasteiger partial charge >= 0.3 is 0 Å². The van der Waals surface area contributed by atoms with E-state index in [9.17, 15) is 9.59 Å². The van der Waals surface area contributed by atoms with Crippen molar-refractivity contribution >= 4 is 34.0 Å². The van der Waals surface area contributed by atoms with Gasteiger partial charge in [-0.25, -0.2) is 0 Å². The largest absolute Gasteiger partial charge is 0.496 e. The van der Waals surface area contributed by atoms with Crippen molar-refractivity contribution in [1.82, 2.24) is 4.57 Å². The van der Waals surface area contributed by atoms with Gasteiger partial charge in [-0.05, 0) is 42.5 Å². The Labute approximate surface area is 143 Å². The second-order valence-corrected chi connectivity index (χ2v) is 5.66. The Morgan fingerprint density at radius 1 is 1.12 bits per heavy atom. The number of halogens is 1. The van der Waals surface area contributed by atoms with E-state index in [2.05, 4.69) is 5.32 Å². The number of rotatable bonds is 4. The average molecular weight is 343 g/mol. The Balaban J connectivity index is 1.85. The zero-order valence-corrected chi connectivity index (χ0v) is 13.7. The van der Waals surface area contributed by atoms with Crippen molar-refractivity contribution in [3.05, 3.63) is 70.1 Å². The normalized spacial score (nSPS) is 10.6. The molecule has 0 aliphatic rings. The van der Waals surface area contributed by atoms with Crippen LogP contribution in [0.1, 0.15) is 0 Å². The number of pyridine rings is 1. The van der Waals surface area contributed by atoms with E-state index >= 15 is 0 Å². The predicted molar refractivity (Wildman–Crippen MR) is 94.8 cm³/mol. The van der Waals surface area contributed by atoms with Crippen molar-refractivity contribution in [2.45, 2.75) is 6.54 Å². The number of anilines is 1. The number of ether oxygens (including phenoxy) is 1. The van der Waals surface area contributed by atoms with Crippen LogP contribution in [0.5, 0.6) is 5.75 Å². The van der Waals surface area contributed by atoms with Gasteiger partial charge in [0.25, 0.3) is 5.56 Å². The van der Waals surface area contributed by atoms with Gasteiger partial charge in [-0.3, -0.25) is 9.59 Å². The smallest absolute Gasteiger partial charge is 0.259 e. The Bertz CT molecular complexity index is 949. The number of aromatic nitrogens is 1. The van der Waals surface area contributed by atoms with E-state index in [1.54, 1.807) is 61.8 Å². The van der Waals surface area contributed by atoms with Crippen LogP contribution in [0, 0.1) is 0 Å². The van der Waals surface area contributed by atoms with Crippen molar-refractivity contribution < 1.29 is 9.53 Å². The van der Waals surface area contributed by atoms with Crippen molar-refractivity contribution in [2.75, 3.05) is 12.4 Å². The first kappa shape index (κ1) is 16.1. The van der Waals surface area contributed by atoms with Crippen LogP contribution in [0.25, 0.3) is 10.8 Å². The highest BCUT2D eigenvalue weighted by Crippen LogP contribution is 2.22. The summed E-state index contributed by atoms with van der Waals surface area (Å²) in [5, 5.41) is 4.56. The Morgan fingerprint density at radius 3 is 2.58 bits per heavy atom. The molecule has 3 aromatic rings. The van der Waals surface area contributed by atoms with Crippen LogP contribution in [0.2, 0.25) is 5.02 Å². The Kier molecular flexibility index (Phi) is 4.53. The fraction of sp³-hybridized carbons (Fsp3) is 0.111. The molecular weight excluding hydrogens is 328 g/mol. The van der Waals surface area contributed by atoms with Crippen LogP contribution in [0.4, 0.5) is 5.69 Å². The first-order chi connectivity index (χ1) is 11.6. The van der Waals surface area contributed by atoms with Crippen LogP contribution in [-0.2, 0) is 11.3 Å². The van der Waals surface area contributed by atoms with Crippen LogP contribution >= 0.6 is 11.6 Å². The standard InChI is InChI=1S/C18H15ClN2O3/c1-24-16-4-2-3-15-14(16)9-10-21(18(15)23)11-17(22)20-13-7-5-12(19)6-8-13/h2-10H,11H2,1H3,(H,20,22). The number of hydrogen-bond acceptors (Lipinski definition) is 3. The lowest BCUT2D eigenvalue weighted by atomic mass is 10.1. The van der Waals surface area contributed by atoms with Gasteiger partial charge in [0.1, 0.15) is 12.3 Å². The van der Waals surface area contributed by atoms with Crippen LogP contribution in [0.15, 0.2) is 59.5 Å². The SMILES string of the molecule is COc1cccc2c(=O)n(CC(=O)Nc3ccc(Cl)cc3)ccc12. The van der Waals surface area contributed by atoms with Gasteiger partial charge in [-0.1, -0.05) is 17.7 Å². The molecule has 0 aliphatic heterocycles. The fourth-order valence-electron chi connectivity index (χ4n) is 2.48. The third-order valence-corrected chi connectivity index (χ3v) is 3.89. The van der Waals surface area contributed by atoms with Gasteiger partial charge in [-0.15, -0.1) is 0 Å². The molecule has 0 fully saturated rings. The minimum Gasteiger partial charge on any atom is -0.496 e. The quantitative estimate of drug-likeness (QED) is 0.791. The lowest BCUT2D eigenvalue weighted by Gasteiger charge is -2.10. The van der Waals surface area contributed by atoms with E-state index < -0.39 is 0 Å². The number of nitrogens with one attached hydrogen (secondary N) is 1. The predicted octanol–water partition coefficient (Wildman–Crippen LogP) is 3.30.